The molecule has 0 N–H and O–H groups in total. The van der Waals surface area contributed by atoms with Crippen LogP contribution in [0.15, 0.2) is 53.4 Å². The molecule has 0 aromatic heterocycles. The van der Waals surface area contributed by atoms with Gasteiger partial charge in [0.2, 0.25) is 0 Å². The van der Waals surface area contributed by atoms with Gasteiger partial charge < -0.3 is 9.64 Å². The Hall–Kier alpha value is -2.31. The van der Waals surface area contributed by atoms with Crippen molar-refractivity contribution in [3.8, 4) is 5.75 Å². The number of hydrogen-bond donors (Lipinski definition) is 0. The minimum atomic E-state index is -0.0429. The van der Waals surface area contributed by atoms with Gasteiger partial charge in [-0.1, -0.05) is 48.2 Å². The second-order valence-electron chi connectivity index (χ2n) is 6.38. The Labute approximate surface area is 176 Å². The lowest BCUT2D eigenvalue weighted by Crippen LogP contribution is -2.27. The van der Waals surface area contributed by atoms with Crippen molar-refractivity contribution in [1.29, 1.82) is 0 Å². The molecule has 1 heterocycles. The molecule has 1 saturated heterocycles. The van der Waals surface area contributed by atoms with Crippen LogP contribution in [0.2, 0.25) is 0 Å². The standard InChI is InChI=1S/C22H24N2O2S2/c1-4-23(5-2)18-10-6-16(7-11-18)14-20-21(25)24(22(27)28-20)15-17-8-12-19(26-3)13-9-17/h6-14H,4-5,15H2,1-3H3/b20-14-. The van der Waals surface area contributed by atoms with Crippen LogP contribution in [0, 0.1) is 0 Å². The number of benzene rings is 2. The third-order valence-electron chi connectivity index (χ3n) is 4.69. The molecule has 4 nitrogen and oxygen atoms in total. The van der Waals surface area contributed by atoms with E-state index in [0.717, 1.165) is 30.0 Å². The largest absolute Gasteiger partial charge is 0.497 e. The van der Waals surface area contributed by atoms with E-state index in [9.17, 15) is 4.79 Å². The highest BCUT2D eigenvalue weighted by Crippen LogP contribution is 2.34. The molecular weight excluding hydrogens is 388 g/mol. The summed E-state index contributed by atoms with van der Waals surface area (Å²) < 4.78 is 5.77. The van der Waals surface area contributed by atoms with Gasteiger partial charge in [-0.15, -0.1) is 0 Å². The van der Waals surface area contributed by atoms with E-state index in [1.807, 2.05) is 42.5 Å². The molecule has 6 heteroatoms. The van der Waals surface area contributed by atoms with Crippen molar-refractivity contribution >= 4 is 46.0 Å². The Morgan fingerprint density at radius 1 is 1.07 bits per heavy atom. The Bertz CT molecular complexity index is 872. The maximum Gasteiger partial charge on any atom is 0.266 e. The van der Waals surface area contributed by atoms with Crippen LogP contribution in [0.5, 0.6) is 5.75 Å². The molecule has 0 spiro atoms. The number of rotatable bonds is 7. The second-order valence-corrected chi connectivity index (χ2v) is 8.06. The topological polar surface area (TPSA) is 32.8 Å². The van der Waals surface area contributed by atoms with E-state index in [0.29, 0.717) is 15.8 Å². The van der Waals surface area contributed by atoms with E-state index in [4.69, 9.17) is 17.0 Å². The monoisotopic (exact) mass is 412 g/mol. The number of methoxy groups -OCH3 is 1. The highest BCUT2D eigenvalue weighted by molar-refractivity contribution is 8.26. The molecule has 0 atom stereocenters. The van der Waals surface area contributed by atoms with E-state index in [1.165, 1.54) is 17.4 Å². The van der Waals surface area contributed by atoms with Gasteiger partial charge in [-0.05, 0) is 55.3 Å². The van der Waals surface area contributed by atoms with Gasteiger partial charge in [0, 0.05) is 18.8 Å². The highest BCUT2D eigenvalue weighted by Gasteiger charge is 2.31. The summed E-state index contributed by atoms with van der Waals surface area (Å²) in [6.45, 7) is 6.70. The first-order valence-corrected chi connectivity index (χ1v) is 10.5. The number of thioether (sulfide) groups is 1. The molecule has 146 valence electrons. The summed E-state index contributed by atoms with van der Waals surface area (Å²) in [5.41, 5.74) is 3.21. The van der Waals surface area contributed by atoms with E-state index in [1.54, 1.807) is 12.0 Å². The number of amides is 1. The third kappa shape index (κ3) is 4.56. The van der Waals surface area contributed by atoms with Crippen molar-refractivity contribution < 1.29 is 9.53 Å². The van der Waals surface area contributed by atoms with Gasteiger partial charge in [-0.3, -0.25) is 9.69 Å². The molecule has 0 bridgehead atoms. The van der Waals surface area contributed by atoms with Crippen molar-refractivity contribution in [1.82, 2.24) is 4.90 Å². The van der Waals surface area contributed by atoms with Crippen LogP contribution in [-0.2, 0) is 11.3 Å². The SMILES string of the molecule is CCN(CC)c1ccc(/C=C2\SC(=S)N(Cc3ccc(OC)cc3)C2=O)cc1. The molecule has 1 amide bonds. The van der Waals surface area contributed by atoms with E-state index in [2.05, 4.69) is 30.9 Å². The van der Waals surface area contributed by atoms with Crippen molar-refractivity contribution in [2.45, 2.75) is 20.4 Å². The van der Waals surface area contributed by atoms with Gasteiger partial charge in [0.1, 0.15) is 10.1 Å². The minimum absolute atomic E-state index is 0.0429. The number of anilines is 1. The zero-order chi connectivity index (χ0) is 20.1. The van der Waals surface area contributed by atoms with Crippen LogP contribution < -0.4 is 9.64 Å². The van der Waals surface area contributed by atoms with Gasteiger partial charge in [-0.2, -0.15) is 0 Å². The number of thiocarbonyl (C=S) groups is 1. The van der Waals surface area contributed by atoms with Crippen molar-refractivity contribution in [2.75, 3.05) is 25.1 Å². The van der Waals surface area contributed by atoms with E-state index < -0.39 is 0 Å². The molecule has 2 aromatic carbocycles. The fraction of sp³-hybridized carbons (Fsp3) is 0.273. The summed E-state index contributed by atoms with van der Waals surface area (Å²) in [7, 11) is 1.64. The third-order valence-corrected chi connectivity index (χ3v) is 6.07. The lowest BCUT2D eigenvalue weighted by Gasteiger charge is -2.20. The van der Waals surface area contributed by atoms with Gasteiger partial charge in [0.15, 0.2) is 0 Å². The normalized spacial score (nSPS) is 15.4. The van der Waals surface area contributed by atoms with Gasteiger partial charge in [-0.25, -0.2) is 0 Å². The number of carbonyl (C=O) groups excluding carboxylic acids is 1. The Morgan fingerprint density at radius 2 is 1.71 bits per heavy atom. The molecule has 3 rings (SSSR count). The van der Waals surface area contributed by atoms with Crippen LogP contribution in [-0.4, -0.2) is 35.3 Å². The predicted molar refractivity (Wildman–Crippen MR) is 122 cm³/mol. The Morgan fingerprint density at radius 3 is 2.29 bits per heavy atom. The number of ether oxygens (including phenoxy) is 1. The fourth-order valence-electron chi connectivity index (χ4n) is 3.07. The first-order valence-electron chi connectivity index (χ1n) is 9.29. The smallest absolute Gasteiger partial charge is 0.266 e. The molecule has 0 unspecified atom stereocenters. The van der Waals surface area contributed by atoms with Gasteiger partial charge >= 0.3 is 0 Å². The molecule has 2 aromatic rings. The van der Waals surface area contributed by atoms with Crippen LogP contribution in [0.1, 0.15) is 25.0 Å². The summed E-state index contributed by atoms with van der Waals surface area (Å²) in [5.74, 6) is 0.751. The average molecular weight is 413 g/mol. The Kier molecular flexibility index (Phi) is 6.75. The van der Waals surface area contributed by atoms with Gasteiger partial charge in [0.25, 0.3) is 5.91 Å². The van der Waals surface area contributed by atoms with E-state index in [-0.39, 0.29) is 5.91 Å². The molecular formula is C22H24N2O2S2. The predicted octanol–water partition coefficient (Wildman–Crippen LogP) is 4.94. The molecule has 0 saturated carbocycles. The maximum absolute atomic E-state index is 12.8. The Balaban J connectivity index is 1.73. The van der Waals surface area contributed by atoms with Crippen LogP contribution >= 0.6 is 24.0 Å². The average Bonchev–Trinajstić information content (AvgIpc) is 2.98. The first kappa shape index (κ1) is 20.4. The van der Waals surface area contributed by atoms with Crippen molar-refractivity contribution in [3.63, 3.8) is 0 Å². The summed E-state index contributed by atoms with van der Waals surface area (Å²) in [5, 5.41) is 0. The highest BCUT2D eigenvalue weighted by atomic mass is 32.2. The first-order chi connectivity index (χ1) is 13.5. The van der Waals surface area contributed by atoms with Crippen molar-refractivity contribution in [3.05, 3.63) is 64.6 Å². The lowest BCUT2D eigenvalue weighted by atomic mass is 10.1. The quantitative estimate of drug-likeness (QED) is 0.475. The summed E-state index contributed by atoms with van der Waals surface area (Å²) >= 11 is 6.80. The summed E-state index contributed by atoms with van der Waals surface area (Å²) in [6.07, 6.45) is 1.92. The van der Waals surface area contributed by atoms with Crippen LogP contribution in [0.3, 0.4) is 0 Å². The lowest BCUT2D eigenvalue weighted by molar-refractivity contribution is -0.122. The molecule has 1 fully saturated rings. The van der Waals surface area contributed by atoms with Crippen molar-refractivity contribution in [2.24, 2.45) is 0 Å². The molecule has 1 aliphatic heterocycles. The van der Waals surface area contributed by atoms with Gasteiger partial charge in [0.05, 0.1) is 18.6 Å². The zero-order valence-corrected chi connectivity index (χ0v) is 18.0. The number of hydrogen-bond acceptors (Lipinski definition) is 5. The molecule has 0 aliphatic carbocycles. The number of nitrogens with zero attached hydrogens (tertiary/aromatic N) is 2. The zero-order valence-electron chi connectivity index (χ0n) is 16.3. The fourth-order valence-corrected chi connectivity index (χ4v) is 4.33. The summed E-state index contributed by atoms with van der Waals surface area (Å²) in [4.78, 5) is 17.4. The molecule has 1 aliphatic rings. The molecule has 28 heavy (non-hydrogen) atoms. The maximum atomic E-state index is 12.8. The summed E-state index contributed by atoms with van der Waals surface area (Å²) in [6, 6.07) is 16.0. The minimum Gasteiger partial charge on any atom is -0.497 e. The van der Waals surface area contributed by atoms with Crippen LogP contribution in [0.25, 0.3) is 6.08 Å². The number of carbonyl (C=O) groups is 1. The molecule has 0 radical (unpaired) electrons. The van der Waals surface area contributed by atoms with Crippen LogP contribution in [0.4, 0.5) is 5.69 Å². The second kappa shape index (κ2) is 9.26. The van der Waals surface area contributed by atoms with E-state index >= 15 is 0 Å².